The molecule has 19 heteroatoms. The van der Waals surface area contributed by atoms with Crippen molar-refractivity contribution in [1.29, 1.82) is 0 Å². The highest BCUT2D eigenvalue weighted by Gasteiger charge is 2.22. The maximum Gasteiger partial charge on any atom is 0.488 e. The molecule has 7 heterocycles. The quantitative estimate of drug-likeness (QED) is 0.0829. The molecule has 0 atom stereocenters. The van der Waals surface area contributed by atoms with Crippen molar-refractivity contribution in [3.63, 3.8) is 0 Å². The predicted octanol–water partition coefficient (Wildman–Crippen LogP) is 31.9. The number of hydrogen-bond donors (Lipinski definition) is 3. The summed E-state index contributed by atoms with van der Waals surface area (Å²) in [5.74, 6) is 4.95. The average molecular weight is 1970 g/mol. The van der Waals surface area contributed by atoms with E-state index in [2.05, 4.69) is 349 Å². The van der Waals surface area contributed by atoms with Crippen molar-refractivity contribution in [3.8, 4) is 142 Å². The first-order chi connectivity index (χ1) is 72.9. The first-order valence-electron chi connectivity index (χ1n) is 48.5. The van der Waals surface area contributed by atoms with Gasteiger partial charge in [0.25, 0.3) is 0 Å². The van der Waals surface area contributed by atoms with E-state index in [-0.39, 0.29) is 5.28 Å². The van der Waals surface area contributed by atoms with Crippen LogP contribution in [0.4, 0.5) is 0 Å². The Kier molecular flexibility index (Phi) is 26.6. The van der Waals surface area contributed by atoms with Gasteiger partial charge in [-0.2, -0.15) is 9.97 Å². The molecule has 27 rings (SSSR count). The third-order valence-electron chi connectivity index (χ3n) is 26.2. The smallest absolute Gasteiger partial charge is 0.423 e. The van der Waals surface area contributed by atoms with Crippen LogP contribution in [0, 0.1) is 0 Å². The molecule has 0 aliphatic heterocycles. The van der Waals surface area contributed by atoms with E-state index in [0.717, 1.165) is 83.6 Å². The van der Waals surface area contributed by atoms with Gasteiger partial charge in [-0.05, 0) is 184 Å². The molecule has 0 bridgehead atoms. The second-order valence-electron chi connectivity index (χ2n) is 35.5. The zero-order valence-corrected chi connectivity index (χ0v) is 81.7. The number of para-hydroxylation sites is 6. The third-order valence-corrected chi connectivity index (χ3v) is 26.9. The number of nitrogens with zero attached hydrogens (tertiary/aromatic N) is 12. The van der Waals surface area contributed by atoms with E-state index >= 15 is 0 Å². The Morgan fingerprint density at radius 2 is 0.392 bits per heavy atom. The maximum atomic E-state index is 8.63. The summed E-state index contributed by atoms with van der Waals surface area (Å²) in [7, 11) is -1.41. The summed E-state index contributed by atoms with van der Waals surface area (Å²) in [5, 5.41) is 28.8. The van der Waals surface area contributed by atoms with Gasteiger partial charge in [0, 0.05) is 126 Å². The summed E-state index contributed by atoms with van der Waals surface area (Å²) < 4.78 is 7.11. The number of benzene rings is 20. The van der Waals surface area contributed by atoms with Crippen molar-refractivity contribution in [2.24, 2.45) is 0 Å². The molecule has 0 saturated carbocycles. The molecule has 20 aromatic carbocycles. The summed E-state index contributed by atoms with van der Waals surface area (Å²) in [4.78, 5) is 45.9. The van der Waals surface area contributed by atoms with Crippen LogP contribution in [-0.4, -0.2) is 80.7 Å². The Morgan fingerprint density at radius 1 is 0.176 bits per heavy atom. The number of halogens is 3. The number of hydrogen-bond acceptors (Lipinski definition) is 11. The highest BCUT2D eigenvalue weighted by molar-refractivity contribution is 6.58. The predicted molar refractivity (Wildman–Crippen MR) is 609 cm³/mol. The number of aromatic nitrogens is 13. The van der Waals surface area contributed by atoms with Gasteiger partial charge in [0.2, 0.25) is 5.28 Å². The molecule has 704 valence electrons. The summed E-state index contributed by atoms with van der Waals surface area (Å²) >= 11 is 17.7. The summed E-state index contributed by atoms with van der Waals surface area (Å²) in [5.41, 5.74) is 27.8. The molecule has 0 spiro atoms. The van der Waals surface area contributed by atoms with Crippen LogP contribution < -0.4 is 5.46 Å². The van der Waals surface area contributed by atoms with E-state index in [1.807, 2.05) is 170 Å². The third kappa shape index (κ3) is 19.7. The first-order valence-corrected chi connectivity index (χ1v) is 49.6. The van der Waals surface area contributed by atoms with Crippen LogP contribution in [0.25, 0.3) is 229 Å². The van der Waals surface area contributed by atoms with Crippen LogP contribution >= 0.6 is 34.8 Å². The fourth-order valence-electron chi connectivity index (χ4n) is 19.0. The monoisotopic (exact) mass is 1970 g/mol. The minimum Gasteiger partial charge on any atom is -0.423 e. The molecule has 0 aliphatic rings. The van der Waals surface area contributed by atoms with Crippen molar-refractivity contribution in [2.75, 3.05) is 0 Å². The van der Waals surface area contributed by atoms with E-state index < -0.39 is 7.12 Å². The van der Waals surface area contributed by atoms with E-state index in [9.17, 15) is 0 Å². The standard InChI is InChI=1S/C51H33N5.C27H18ClN3.C24H16N2.C21H14ClN3.C6H6BClO2/c1-3-13-34(14-4-1)35-23-25-37(26-24-35)50-52-49(36-15-5-2-6-16-36)53-51(54-50)38-27-29-39(30-28-38)55-47-22-12-9-19-43(47)44-33-40(31-32-48(44)55)56-45-20-10-7-17-41(45)42-18-8-11-21-46(42)56;28-24-17-15-23(16-18-24)27-30-25(21-9-5-2-6-10-21)29-26(31-27)22-13-11-20(12-14-22)19-7-3-1-4-8-19;1-4-10-21-17(7-1)20-15-16(13-14-22(20)25-21)26-23-11-5-2-8-18(23)19-9-3-6-12-24(19)26;22-21-24-19(17-9-5-2-6-10-17)23-20(25-21)18-13-11-16(12-14-18)15-7-3-1-4-8-15;8-6-3-1-5(2-4-6)7(9)10/h1-33H;1-18H;1-15,25H;1-14H;1-4,9-10H. The van der Waals surface area contributed by atoms with E-state index in [4.69, 9.17) is 74.8 Å². The molecule has 15 nitrogen and oxygen atoms in total. The van der Waals surface area contributed by atoms with E-state index in [1.54, 1.807) is 24.3 Å². The largest absolute Gasteiger partial charge is 0.488 e. The van der Waals surface area contributed by atoms with E-state index in [0.29, 0.717) is 62.1 Å². The van der Waals surface area contributed by atoms with Crippen LogP contribution in [0.1, 0.15) is 0 Å². The summed E-state index contributed by atoms with van der Waals surface area (Å²) in [6, 6.07) is 173. The number of rotatable bonds is 15. The van der Waals surface area contributed by atoms with Crippen molar-refractivity contribution in [3.05, 3.63) is 525 Å². The van der Waals surface area contributed by atoms with Gasteiger partial charge < -0.3 is 28.7 Å². The van der Waals surface area contributed by atoms with Crippen molar-refractivity contribution in [2.45, 2.75) is 0 Å². The molecule has 0 unspecified atom stereocenters. The Balaban J connectivity index is 0.000000111. The number of aromatic amines is 1. The second-order valence-corrected chi connectivity index (χ2v) is 36.7. The number of H-pyrrole nitrogens is 1. The zero-order chi connectivity index (χ0) is 99.8. The van der Waals surface area contributed by atoms with Gasteiger partial charge in [-0.1, -0.05) is 399 Å². The van der Waals surface area contributed by atoms with E-state index in [1.165, 1.54) is 98.6 Å². The molecule has 3 N–H and O–H groups in total. The van der Waals surface area contributed by atoms with Crippen LogP contribution in [0.15, 0.2) is 510 Å². The fourth-order valence-corrected chi connectivity index (χ4v) is 19.4. The summed E-state index contributed by atoms with van der Waals surface area (Å²) in [6.07, 6.45) is 0. The molecule has 0 saturated heterocycles. The van der Waals surface area contributed by atoms with Gasteiger partial charge in [-0.15, -0.1) is 0 Å². The van der Waals surface area contributed by atoms with Gasteiger partial charge in [0.15, 0.2) is 46.6 Å². The molecule has 0 aliphatic carbocycles. The van der Waals surface area contributed by atoms with Crippen molar-refractivity contribution in [1.82, 2.24) is 63.5 Å². The van der Waals surface area contributed by atoms with Crippen molar-refractivity contribution < 1.29 is 10.0 Å². The van der Waals surface area contributed by atoms with Gasteiger partial charge >= 0.3 is 7.12 Å². The lowest BCUT2D eigenvalue weighted by atomic mass is 9.81. The lowest BCUT2D eigenvalue weighted by Gasteiger charge is -2.12. The molecule has 0 radical (unpaired) electrons. The molecule has 0 amide bonds. The molecule has 0 fully saturated rings. The Bertz CT molecular complexity index is 9320. The van der Waals surface area contributed by atoms with Crippen LogP contribution in [-0.2, 0) is 0 Å². The maximum absolute atomic E-state index is 8.63. The normalized spacial score (nSPS) is 11.1. The second kappa shape index (κ2) is 42.2. The topological polar surface area (TPSA) is 187 Å². The minimum absolute atomic E-state index is 0.191. The minimum atomic E-state index is -1.41. The number of fused-ring (bicyclic) bond motifs is 12. The van der Waals surface area contributed by atoms with Gasteiger partial charge in [-0.25, -0.2) is 34.9 Å². The fraction of sp³-hybridized carbons (Fsp3) is 0. The van der Waals surface area contributed by atoms with Gasteiger partial charge in [0.05, 0.1) is 33.1 Å². The summed E-state index contributed by atoms with van der Waals surface area (Å²) in [6.45, 7) is 0. The lowest BCUT2D eigenvalue weighted by Crippen LogP contribution is -2.29. The van der Waals surface area contributed by atoms with Crippen molar-refractivity contribution >= 4 is 135 Å². The van der Waals surface area contributed by atoms with Crippen LogP contribution in [0.3, 0.4) is 0 Å². The lowest BCUT2D eigenvalue weighted by molar-refractivity contribution is 0.426. The Hall–Kier alpha value is -18.5. The SMILES string of the molecule is Clc1ccc(-c2nc(-c3ccccc3)nc(-c3ccc(-c4ccccc4)cc3)n2)cc1.Clc1nc(-c2ccccc2)nc(-c2ccc(-c3ccccc3)cc2)n1.OB(O)c1ccc(Cl)cc1.c1ccc(-c2ccc(-c3nc(-c4ccccc4)nc(-c4ccc(-n5c6ccccc6c6cc(-n7c8ccccc8c8ccccc87)ccc65)cc4)n3)cc2)cc1.c1ccc2c(c1)[nH]c1ccc(-n3c4ccccc4c4ccccc43)cc12. The molecule has 27 aromatic rings. The highest BCUT2D eigenvalue weighted by Crippen LogP contribution is 2.41. The highest BCUT2D eigenvalue weighted by atomic mass is 35.5. The van der Waals surface area contributed by atoms with Gasteiger partial charge in [0.1, 0.15) is 0 Å². The number of nitrogens with one attached hydrogen (secondary N) is 1. The molecule has 148 heavy (non-hydrogen) atoms. The first kappa shape index (κ1) is 93.2. The van der Waals surface area contributed by atoms with Crippen LogP contribution in [0.5, 0.6) is 0 Å². The molecular weight excluding hydrogens is 1880 g/mol. The Morgan fingerprint density at radius 3 is 0.730 bits per heavy atom. The van der Waals surface area contributed by atoms with Crippen LogP contribution in [0.2, 0.25) is 15.3 Å². The Labute approximate surface area is 868 Å². The molecular formula is C129H87BCl3N13O2. The molecule has 7 aromatic heterocycles. The van der Waals surface area contributed by atoms with Gasteiger partial charge in [-0.3, -0.25) is 0 Å². The average Bonchev–Trinajstić information content (AvgIpc) is 1.57. The zero-order valence-electron chi connectivity index (χ0n) is 79.5.